The molecule has 8 heteroatoms. The third-order valence-corrected chi connectivity index (χ3v) is 7.41. The number of anilines is 1. The summed E-state index contributed by atoms with van der Waals surface area (Å²) in [7, 11) is -3.67. The number of para-hydroxylation sites is 2. The minimum absolute atomic E-state index is 0.252. The lowest BCUT2D eigenvalue weighted by Crippen LogP contribution is -2.12. The largest absolute Gasteiger partial charge is 0.492 e. The van der Waals surface area contributed by atoms with E-state index in [9.17, 15) is 8.42 Å². The third kappa shape index (κ3) is 4.02. The van der Waals surface area contributed by atoms with Crippen molar-refractivity contribution in [3.8, 4) is 15.6 Å². The lowest BCUT2D eigenvalue weighted by atomic mass is 10.3. The van der Waals surface area contributed by atoms with Gasteiger partial charge in [0.1, 0.15) is 15.0 Å². The van der Waals surface area contributed by atoms with Crippen LogP contribution < -0.4 is 9.46 Å². The van der Waals surface area contributed by atoms with Crippen molar-refractivity contribution in [2.75, 3.05) is 11.3 Å². The van der Waals surface area contributed by atoms with Crippen molar-refractivity contribution in [2.24, 2.45) is 0 Å². The van der Waals surface area contributed by atoms with Crippen molar-refractivity contribution < 1.29 is 13.2 Å². The number of aryl methyl sites for hydroxylation is 1. The predicted molar refractivity (Wildman–Crippen MR) is 103 cm³/mol. The van der Waals surface area contributed by atoms with Crippen LogP contribution in [0, 0.1) is 0 Å². The van der Waals surface area contributed by atoms with Gasteiger partial charge >= 0.3 is 0 Å². The molecule has 0 amide bonds. The van der Waals surface area contributed by atoms with Gasteiger partial charge in [0.25, 0.3) is 10.0 Å². The molecule has 0 radical (unpaired) electrons. The second-order valence-corrected chi connectivity index (χ2v) is 9.00. The Hall–Kier alpha value is -1.90. The molecule has 0 aliphatic carbocycles. The lowest BCUT2D eigenvalue weighted by molar-refractivity contribution is 0.342. The minimum atomic E-state index is -3.67. The van der Waals surface area contributed by atoms with Crippen LogP contribution in [0.4, 0.5) is 5.69 Å². The summed E-state index contributed by atoms with van der Waals surface area (Å²) in [5, 5.41) is 2.85. The number of benzene rings is 1. The summed E-state index contributed by atoms with van der Waals surface area (Å²) in [6.07, 6.45) is 0.864. The first-order chi connectivity index (χ1) is 12.0. The predicted octanol–water partition coefficient (Wildman–Crippen LogP) is 4.63. The molecule has 25 heavy (non-hydrogen) atoms. The van der Waals surface area contributed by atoms with Crippen LogP contribution in [0.15, 0.2) is 46.0 Å². The van der Waals surface area contributed by atoms with Gasteiger partial charge in [-0.1, -0.05) is 19.1 Å². The molecule has 0 aliphatic rings. The van der Waals surface area contributed by atoms with Gasteiger partial charge in [-0.2, -0.15) is 0 Å². The highest BCUT2D eigenvalue weighted by atomic mass is 32.2. The quantitative estimate of drug-likeness (QED) is 0.634. The van der Waals surface area contributed by atoms with Crippen LogP contribution in [0.1, 0.15) is 19.5 Å². The SMILES string of the molecule is CCOc1ccccc1NS(=O)(=O)c1ccc(-c2nc(CC)cs2)s1. The fourth-order valence-electron chi connectivity index (χ4n) is 2.19. The fraction of sp³-hybridized carbons (Fsp3) is 0.235. The molecule has 1 N–H and O–H groups in total. The number of hydrogen-bond acceptors (Lipinski definition) is 6. The molecule has 3 rings (SSSR count). The molecule has 0 saturated carbocycles. The Morgan fingerprint density at radius 1 is 1.16 bits per heavy atom. The van der Waals surface area contributed by atoms with Gasteiger partial charge in [0.15, 0.2) is 0 Å². The van der Waals surface area contributed by atoms with Gasteiger partial charge < -0.3 is 4.74 Å². The fourth-order valence-corrected chi connectivity index (χ4v) is 5.54. The number of nitrogens with zero attached hydrogens (tertiary/aromatic N) is 1. The number of sulfonamides is 1. The van der Waals surface area contributed by atoms with E-state index in [-0.39, 0.29) is 4.21 Å². The molecule has 0 unspecified atom stereocenters. The van der Waals surface area contributed by atoms with E-state index in [0.717, 1.165) is 22.0 Å². The molecule has 0 spiro atoms. The van der Waals surface area contributed by atoms with Crippen molar-refractivity contribution in [1.82, 2.24) is 4.98 Å². The van der Waals surface area contributed by atoms with Gasteiger partial charge in [-0.3, -0.25) is 4.72 Å². The summed E-state index contributed by atoms with van der Waals surface area (Å²) in [4.78, 5) is 5.36. The summed E-state index contributed by atoms with van der Waals surface area (Å²) < 4.78 is 33.7. The van der Waals surface area contributed by atoms with Crippen molar-refractivity contribution in [3.05, 3.63) is 47.5 Å². The van der Waals surface area contributed by atoms with E-state index in [1.165, 1.54) is 22.7 Å². The summed E-state index contributed by atoms with van der Waals surface area (Å²) in [5.74, 6) is 0.512. The number of thiazole rings is 1. The van der Waals surface area contributed by atoms with Crippen molar-refractivity contribution >= 4 is 38.4 Å². The average molecular weight is 395 g/mol. The Balaban J connectivity index is 1.86. The van der Waals surface area contributed by atoms with E-state index in [1.54, 1.807) is 36.4 Å². The Morgan fingerprint density at radius 3 is 2.68 bits per heavy atom. The number of nitrogens with one attached hydrogen (secondary N) is 1. The topological polar surface area (TPSA) is 68.3 Å². The normalized spacial score (nSPS) is 11.4. The molecule has 2 aromatic heterocycles. The molecule has 2 heterocycles. The van der Waals surface area contributed by atoms with Gasteiger partial charge in [-0.25, -0.2) is 13.4 Å². The maximum atomic E-state index is 12.7. The van der Waals surface area contributed by atoms with Gasteiger partial charge in [-0.05, 0) is 37.6 Å². The van der Waals surface area contributed by atoms with E-state index in [0.29, 0.717) is 18.0 Å². The highest BCUT2D eigenvalue weighted by Gasteiger charge is 2.20. The average Bonchev–Trinajstić information content (AvgIpc) is 3.26. The van der Waals surface area contributed by atoms with Crippen LogP contribution >= 0.6 is 22.7 Å². The van der Waals surface area contributed by atoms with E-state index in [1.807, 2.05) is 19.2 Å². The van der Waals surface area contributed by atoms with Crippen molar-refractivity contribution in [2.45, 2.75) is 24.5 Å². The standard InChI is InChI=1S/C17H18N2O3S3/c1-3-12-11-23-17(18-12)15-9-10-16(24-15)25(20,21)19-13-7-5-6-8-14(13)22-4-2/h5-11,19H,3-4H2,1-2H3. The van der Waals surface area contributed by atoms with E-state index >= 15 is 0 Å². The van der Waals surface area contributed by atoms with Crippen LogP contribution in [0.2, 0.25) is 0 Å². The molecule has 0 aliphatic heterocycles. The van der Waals surface area contributed by atoms with Crippen molar-refractivity contribution in [1.29, 1.82) is 0 Å². The zero-order valence-electron chi connectivity index (χ0n) is 13.9. The number of aromatic nitrogens is 1. The van der Waals surface area contributed by atoms with Crippen molar-refractivity contribution in [3.63, 3.8) is 0 Å². The summed E-state index contributed by atoms with van der Waals surface area (Å²) >= 11 is 2.74. The molecular formula is C17H18N2O3S3. The lowest BCUT2D eigenvalue weighted by Gasteiger charge is -2.11. The Labute approximate surface area is 155 Å². The maximum Gasteiger partial charge on any atom is 0.271 e. The highest BCUT2D eigenvalue weighted by molar-refractivity contribution is 7.94. The third-order valence-electron chi connectivity index (χ3n) is 3.40. The first-order valence-corrected chi connectivity index (χ1v) is 11.0. The Bertz CT molecular complexity index is 961. The molecule has 132 valence electrons. The van der Waals surface area contributed by atoms with Crippen LogP contribution in [-0.4, -0.2) is 20.0 Å². The van der Waals surface area contributed by atoms with Crippen LogP contribution in [0.25, 0.3) is 9.88 Å². The number of ether oxygens (including phenoxy) is 1. The van der Waals surface area contributed by atoms with Crippen LogP contribution in [0.5, 0.6) is 5.75 Å². The van der Waals surface area contributed by atoms with Gasteiger partial charge in [0, 0.05) is 5.38 Å². The van der Waals surface area contributed by atoms with Crippen LogP contribution in [-0.2, 0) is 16.4 Å². The van der Waals surface area contributed by atoms with Gasteiger partial charge in [-0.15, -0.1) is 22.7 Å². The molecule has 0 atom stereocenters. The molecule has 0 saturated heterocycles. The summed E-state index contributed by atoms with van der Waals surface area (Å²) in [5.41, 5.74) is 1.45. The smallest absolute Gasteiger partial charge is 0.271 e. The molecular weight excluding hydrogens is 376 g/mol. The van der Waals surface area contributed by atoms with E-state index in [4.69, 9.17) is 4.74 Å². The zero-order chi connectivity index (χ0) is 17.9. The summed E-state index contributed by atoms with van der Waals surface area (Å²) in [6.45, 7) is 4.37. The second-order valence-electron chi connectivity index (χ2n) is 5.15. The molecule has 5 nitrogen and oxygen atoms in total. The van der Waals surface area contributed by atoms with E-state index in [2.05, 4.69) is 9.71 Å². The van der Waals surface area contributed by atoms with E-state index < -0.39 is 10.0 Å². The number of hydrogen-bond donors (Lipinski definition) is 1. The van der Waals surface area contributed by atoms with Gasteiger partial charge in [0.05, 0.1) is 22.9 Å². The minimum Gasteiger partial charge on any atom is -0.492 e. The second kappa shape index (κ2) is 7.55. The Morgan fingerprint density at radius 2 is 1.96 bits per heavy atom. The number of rotatable bonds is 7. The number of thiophene rings is 1. The molecule has 3 aromatic rings. The first kappa shape index (κ1) is 17.9. The summed E-state index contributed by atoms with van der Waals surface area (Å²) in [6, 6.07) is 10.4. The van der Waals surface area contributed by atoms with Gasteiger partial charge in [0.2, 0.25) is 0 Å². The first-order valence-electron chi connectivity index (χ1n) is 7.82. The molecule has 1 aromatic carbocycles. The molecule has 0 bridgehead atoms. The zero-order valence-corrected chi connectivity index (χ0v) is 16.3. The van der Waals surface area contributed by atoms with Crippen LogP contribution in [0.3, 0.4) is 0 Å². The highest BCUT2D eigenvalue weighted by Crippen LogP contribution is 2.34. The molecule has 0 fully saturated rings. The Kier molecular flexibility index (Phi) is 5.41. The monoisotopic (exact) mass is 394 g/mol. The maximum absolute atomic E-state index is 12.7.